The highest BCUT2D eigenvalue weighted by molar-refractivity contribution is 7.92. The van der Waals surface area contributed by atoms with Gasteiger partial charge in [-0.05, 0) is 48.0 Å². The van der Waals surface area contributed by atoms with E-state index < -0.39 is 15.9 Å². The van der Waals surface area contributed by atoms with Crippen molar-refractivity contribution < 1.29 is 13.2 Å². The van der Waals surface area contributed by atoms with Crippen LogP contribution >= 0.6 is 11.6 Å². The topological polar surface area (TPSA) is 90.3 Å². The Labute approximate surface area is 180 Å². The van der Waals surface area contributed by atoms with E-state index in [0.717, 1.165) is 9.87 Å². The van der Waals surface area contributed by atoms with Gasteiger partial charge in [0.25, 0.3) is 15.9 Å². The van der Waals surface area contributed by atoms with Gasteiger partial charge in [-0.15, -0.1) is 0 Å². The quantitative estimate of drug-likeness (QED) is 0.612. The van der Waals surface area contributed by atoms with Gasteiger partial charge in [-0.3, -0.25) is 9.10 Å². The van der Waals surface area contributed by atoms with Crippen LogP contribution in [0.4, 0.5) is 11.4 Å². The Bertz CT molecular complexity index is 1200. The van der Waals surface area contributed by atoms with E-state index in [1.807, 2.05) is 0 Å². The van der Waals surface area contributed by atoms with Crippen molar-refractivity contribution in [1.29, 1.82) is 5.26 Å². The summed E-state index contributed by atoms with van der Waals surface area (Å²) in [5.41, 5.74) is 1.82. The smallest absolute Gasteiger partial charge is 0.264 e. The number of hydrogen-bond acceptors (Lipinski definition) is 4. The van der Waals surface area contributed by atoms with Crippen molar-refractivity contribution in [2.75, 3.05) is 16.7 Å². The standard InChI is InChI=1S/C22H18ClN3O3S/c1-26(30(28,29)19-5-3-2-4-6-19)18-11-12-21(23)20(15-18)22(27)25-17-9-7-16(8-10-17)13-14-24/h2-12,15H,13H2,1H3,(H,25,27). The summed E-state index contributed by atoms with van der Waals surface area (Å²) in [5.74, 6) is -0.472. The molecule has 0 bridgehead atoms. The number of carbonyl (C=O) groups excluding carboxylic acids is 1. The molecule has 1 amide bonds. The molecule has 3 rings (SSSR count). The summed E-state index contributed by atoms with van der Waals surface area (Å²) in [5, 5.41) is 11.7. The molecule has 0 spiro atoms. The van der Waals surface area contributed by atoms with Crippen LogP contribution in [0.25, 0.3) is 0 Å². The van der Waals surface area contributed by atoms with Crippen LogP contribution in [0.15, 0.2) is 77.7 Å². The number of amides is 1. The maximum Gasteiger partial charge on any atom is 0.264 e. The van der Waals surface area contributed by atoms with Crippen LogP contribution in [-0.4, -0.2) is 21.4 Å². The van der Waals surface area contributed by atoms with Gasteiger partial charge in [0.15, 0.2) is 0 Å². The largest absolute Gasteiger partial charge is 0.322 e. The molecule has 30 heavy (non-hydrogen) atoms. The first-order chi connectivity index (χ1) is 14.3. The Balaban J connectivity index is 1.86. The number of nitriles is 1. The lowest BCUT2D eigenvalue weighted by Gasteiger charge is -2.20. The Morgan fingerprint density at radius 1 is 1.07 bits per heavy atom. The van der Waals surface area contributed by atoms with Crippen molar-refractivity contribution >= 4 is 38.9 Å². The molecule has 3 aromatic rings. The minimum Gasteiger partial charge on any atom is -0.322 e. The Morgan fingerprint density at radius 3 is 2.37 bits per heavy atom. The van der Waals surface area contributed by atoms with E-state index in [1.54, 1.807) is 42.5 Å². The maximum absolute atomic E-state index is 12.8. The number of nitrogens with zero attached hydrogens (tertiary/aromatic N) is 2. The molecular formula is C22H18ClN3O3S. The summed E-state index contributed by atoms with van der Waals surface area (Å²) in [4.78, 5) is 12.9. The fourth-order valence-electron chi connectivity index (χ4n) is 2.77. The third kappa shape index (κ3) is 4.62. The molecule has 0 saturated carbocycles. The van der Waals surface area contributed by atoms with Crippen molar-refractivity contribution in [2.45, 2.75) is 11.3 Å². The Kier molecular flexibility index (Phi) is 6.40. The molecular weight excluding hydrogens is 422 g/mol. The van der Waals surface area contributed by atoms with E-state index in [1.165, 1.54) is 37.4 Å². The Morgan fingerprint density at radius 2 is 1.73 bits per heavy atom. The van der Waals surface area contributed by atoms with Gasteiger partial charge in [0.1, 0.15) is 0 Å². The fraction of sp³-hybridized carbons (Fsp3) is 0.0909. The summed E-state index contributed by atoms with van der Waals surface area (Å²) >= 11 is 6.19. The number of carbonyl (C=O) groups is 1. The zero-order valence-corrected chi connectivity index (χ0v) is 17.6. The lowest BCUT2D eigenvalue weighted by Crippen LogP contribution is -2.27. The maximum atomic E-state index is 12.8. The highest BCUT2D eigenvalue weighted by Crippen LogP contribution is 2.27. The van der Waals surface area contributed by atoms with Gasteiger partial charge in [0.2, 0.25) is 0 Å². The van der Waals surface area contributed by atoms with Gasteiger partial charge in [0.05, 0.1) is 33.7 Å². The lowest BCUT2D eigenvalue weighted by atomic mass is 10.1. The summed E-state index contributed by atoms with van der Waals surface area (Å²) in [6.45, 7) is 0. The fourth-order valence-corrected chi connectivity index (χ4v) is 4.18. The summed E-state index contributed by atoms with van der Waals surface area (Å²) in [7, 11) is -2.37. The van der Waals surface area contributed by atoms with Crippen LogP contribution in [0.5, 0.6) is 0 Å². The van der Waals surface area contributed by atoms with Gasteiger partial charge in [0, 0.05) is 12.7 Å². The molecule has 0 atom stereocenters. The lowest BCUT2D eigenvalue weighted by molar-refractivity contribution is 0.102. The summed E-state index contributed by atoms with van der Waals surface area (Å²) in [6.07, 6.45) is 0.282. The van der Waals surface area contributed by atoms with Crippen molar-refractivity contribution in [3.8, 4) is 6.07 Å². The first-order valence-electron chi connectivity index (χ1n) is 8.93. The first-order valence-corrected chi connectivity index (χ1v) is 10.8. The molecule has 0 fully saturated rings. The van der Waals surface area contributed by atoms with Gasteiger partial charge < -0.3 is 5.32 Å². The van der Waals surface area contributed by atoms with Gasteiger partial charge in [-0.2, -0.15) is 5.26 Å². The number of benzene rings is 3. The van der Waals surface area contributed by atoms with Gasteiger partial charge in [-0.1, -0.05) is 41.9 Å². The van der Waals surface area contributed by atoms with Crippen molar-refractivity contribution in [3.05, 3.63) is 88.9 Å². The predicted molar refractivity (Wildman–Crippen MR) is 117 cm³/mol. The number of halogens is 1. The molecule has 6 nitrogen and oxygen atoms in total. The second kappa shape index (κ2) is 8.99. The molecule has 152 valence electrons. The molecule has 1 N–H and O–H groups in total. The number of nitrogens with one attached hydrogen (secondary N) is 1. The average molecular weight is 440 g/mol. The molecule has 0 aliphatic heterocycles. The van der Waals surface area contributed by atoms with Crippen LogP contribution in [0.1, 0.15) is 15.9 Å². The van der Waals surface area contributed by atoms with Crippen LogP contribution in [0, 0.1) is 11.3 Å². The second-order valence-corrected chi connectivity index (χ2v) is 8.81. The van der Waals surface area contributed by atoms with E-state index in [4.69, 9.17) is 16.9 Å². The van der Waals surface area contributed by atoms with E-state index in [-0.39, 0.29) is 21.9 Å². The molecule has 0 saturated heterocycles. The number of sulfonamides is 1. The van der Waals surface area contributed by atoms with E-state index in [9.17, 15) is 13.2 Å². The normalized spacial score (nSPS) is 10.8. The van der Waals surface area contributed by atoms with Crippen LogP contribution < -0.4 is 9.62 Å². The summed E-state index contributed by atoms with van der Waals surface area (Å²) in [6, 6.07) is 21.4. The van der Waals surface area contributed by atoms with Crippen LogP contribution in [-0.2, 0) is 16.4 Å². The monoisotopic (exact) mass is 439 g/mol. The number of anilines is 2. The summed E-state index contributed by atoms with van der Waals surface area (Å²) < 4.78 is 26.8. The zero-order valence-electron chi connectivity index (χ0n) is 16.0. The predicted octanol–water partition coefficient (Wildman–Crippen LogP) is 4.48. The third-order valence-corrected chi connectivity index (χ3v) is 6.58. The van der Waals surface area contributed by atoms with Crippen molar-refractivity contribution in [2.24, 2.45) is 0 Å². The van der Waals surface area contributed by atoms with Crippen molar-refractivity contribution in [1.82, 2.24) is 0 Å². The van der Waals surface area contributed by atoms with Crippen LogP contribution in [0.3, 0.4) is 0 Å². The van der Waals surface area contributed by atoms with E-state index in [2.05, 4.69) is 11.4 Å². The molecule has 3 aromatic carbocycles. The van der Waals surface area contributed by atoms with Crippen LogP contribution in [0.2, 0.25) is 5.02 Å². The Hall–Kier alpha value is -3.34. The number of rotatable bonds is 6. The third-order valence-electron chi connectivity index (χ3n) is 4.45. The average Bonchev–Trinajstić information content (AvgIpc) is 2.75. The SMILES string of the molecule is CN(c1ccc(Cl)c(C(=O)Nc2ccc(CC#N)cc2)c1)S(=O)(=O)c1ccccc1. The zero-order chi connectivity index (χ0) is 21.7. The number of hydrogen-bond donors (Lipinski definition) is 1. The van der Waals surface area contributed by atoms with E-state index >= 15 is 0 Å². The molecule has 0 heterocycles. The minimum atomic E-state index is -3.78. The highest BCUT2D eigenvalue weighted by atomic mass is 35.5. The van der Waals surface area contributed by atoms with Crippen molar-refractivity contribution in [3.63, 3.8) is 0 Å². The minimum absolute atomic E-state index is 0.144. The highest BCUT2D eigenvalue weighted by Gasteiger charge is 2.22. The molecule has 0 unspecified atom stereocenters. The first kappa shape index (κ1) is 21.4. The second-order valence-electron chi connectivity index (χ2n) is 6.44. The molecule has 0 aliphatic carbocycles. The molecule has 8 heteroatoms. The molecule has 0 aliphatic rings. The van der Waals surface area contributed by atoms with Gasteiger partial charge in [-0.25, -0.2) is 8.42 Å². The van der Waals surface area contributed by atoms with Gasteiger partial charge >= 0.3 is 0 Å². The molecule has 0 aromatic heterocycles. The van der Waals surface area contributed by atoms with E-state index in [0.29, 0.717) is 11.4 Å². The molecule has 0 radical (unpaired) electrons.